The van der Waals surface area contributed by atoms with E-state index in [1.807, 2.05) is 36.4 Å². The first kappa shape index (κ1) is 19.0. The summed E-state index contributed by atoms with van der Waals surface area (Å²) in [6, 6.07) is 16.1. The number of aromatic hydroxyl groups is 2. The van der Waals surface area contributed by atoms with Gasteiger partial charge in [-0.25, -0.2) is 0 Å². The summed E-state index contributed by atoms with van der Waals surface area (Å²) in [4.78, 5) is 0. The van der Waals surface area contributed by atoms with Crippen molar-refractivity contribution in [3.05, 3.63) is 84.5 Å². The molecule has 2 N–H and O–H groups in total. The van der Waals surface area contributed by atoms with Gasteiger partial charge in [-0.15, -0.1) is 0 Å². The van der Waals surface area contributed by atoms with Gasteiger partial charge >= 0.3 is 37.9 Å². The second-order valence-corrected chi connectivity index (χ2v) is 7.99. The van der Waals surface area contributed by atoms with Gasteiger partial charge in [0.2, 0.25) is 0 Å². The van der Waals surface area contributed by atoms with Gasteiger partial charge in [-0.2, -0.15) is 0 Å². The van der Waals surface area contributed by atoms with Crippen LogP contribution in [0, 0.1) is 0 Å². The summed E-state index contributed by atoms with van der Waals surface area (Å²) in [6.07, 6.45) is 8.12. The Morgan fingerprint density at radius 1 is 0.773 bits per heavy atom. The fraction of sp³-hybridized carbons (Fsp3) is 0.0588. The van der Waals surface area contributed by atoms with E-state index < -0.39 is 20.8 Å². The fourth-order valence-electron chi connectivity index (χ4n) is 1.84. The van der Waals surface area contributed by atoms with Crippen LogP contribution in [-0.4, -0.2) is 10.2 Å². The fourth-order valence-corrected chi connectivity index (χ4v) is 1.84. The molecule has 114 valence electrons. The molecule has 2 aromatic rings. The Kier molecular flexibility index (Phi) is 9.98. The number of rotatable bonds is 1. The average Bonchev–Trinajstić information content (AvgIpc) is 3.04. The molecule has 2 aromatic carbocycles. The third kappa shape index (κ3) is 7.31. The van der Waals surface area contributed by atoms with Gasteiger partial charge in [-0.05, 0) is 18.2 Å². The van der Waals surface area contributed by atoms with Gasteiger partial charge in [-0.3, -0.25) is 0 Å². The molecule has 0 saturated carbocycles. The van der Waals surface area contributed by atoms with E-state index in [0.717, 1.165) is 5.56 Å². The van der Waals surface area contributed by atoms with Crippen LogP contribution in [-0.2, 0) is 20.8 Å². The Hall–Kier alpha value is -1.02. The van der Waals surface area contributed by atoms with Gasteiger partial charge in [0.1, 0.15) is 11.5 Å². The van der Waals surface area contributed by atoms with Crippen molar-refractivity contribution >= 4 is 17.0 Å². The van der Waals surface area contributed by atoms with E-state index in [4.69, 9.17) is 22.1 Å². The monoisotopic (exact) mass is 412 g/mol. The van der Waals surface area contributed by atoms with E-state index in [9.17, 15) is 5.11 Å². The van der Waals surface area contributed by atoms with Crippen molar-refractivity contribution in [3.63, 3.8) is 0 Å². The summed E-state index contributed by atoms with van der Waals surface area (Å²) in [5.41, 5.74) is 0.975. The van der Waals surface area contributed by atoms with Gasteiger partial charge in [0, 0.05) is 11.5 Å². The molecule has 0 aromatic heterocycles. The molecule has 22 heavy (non-hydrogen) atoms. The molecule has 0 fully saturated rings. The standard InChI is InChI=1S/C11H10O.C6H6O.2ClH.Zr/c12-11-8-4-3-7-10(11)9-5-1-2-6-9;7-6-4-2-1-3-5-6;;;/h1-9,12H;1-5,7H;2*1H;/q;;;;+2/p-2. The van der Waals surface area contributed by atoms with E-state index in [0.29, 0.717) is 11.5 Å². The summed E-state index contributed by atoms with van der Waals surface area (Å²) < 4.78 is 0. The van der Waals surface area contributed by atoms with Crippen molar-refractivity contribution in [1.29, 1.82) is 0 Å². The molecule has 0 bridgehead atoms. The Labute approximate surface area is 149 Å². The first-order valence-electron chi connectivity index (χ1n) is 6.52. The molecule has 5 heteroatoms. The molecular weight excluding hydrogens is 398 g/mol. The number of phenolic OH excluding ortho intramolecular Hbond substituents is 2. The molecule has 1 aliphatic carbocycles. The van der Waals surface area contributed by atoms with Crippen LogP contribution in [0.4, 0.5) is 0 Å². The molecule has 0 radical (unpaired) electrons. The maximum atomic E-state index is 9.50. The number of hydrogen-bond donors (Lipinski definition) is 2. The van der Waals surface area contributed by atoms with Crippen LogP contribution in [0.3, 0.4) is 0 Å². The van der Waals surface area contributed by atoms with E-state index in [-0.39, 0.29) is 5.92 Å². The molecule has 0 unspecified atom stereocenters. The van der Waals surface area contributed by atoms with Crippen LogP contribution in [0.5, 0.6) is 11.5 Å². The Balaban J connectivity index is 0.000000206. The average molecular weight is 414 g/mol. The summed E-state index contributed by atoms with van der Waals surface area (Å²) in [6.45, 7) is 0. The van der Waals surface area contributed by atoms with Gasteiger partial charge in [0.05, 0.1) is 0 Å². The zero-order chi connectivity index (χ0) is 16.2. The zero-order valence-corrected chi connectivity index (χ0v) is 15.7. The van der Waals surface area contributed by atoms with Gasteiger partial charge in [0.15, 0.2) is 0 Å². The van der Waals surface area contributed by atoms with Crippen LogP contribution < -0.4 is 0 Å². The van der Waals surface area contributed by atoms with Crippen LogP contribution in [0.1, 0.15) is 11.5 Å². The van der Waals surface area contributed by atoms with Crippen LogP contribution in [0.2, 0.25) is 0 Å². The van der Waals surface area contributed by atoms with E-state index in [1.165, 1.54) is 0 Å². The van der Waals surface area contributed by atoms with Crippen LogP contribution in [0.15, 0.2) is 78.9 Å². The molecule has 2 nitrogen and oxygen atoms in total. The van der Waals surface area contributed by atoms with Crippen molar-refractivity contribution in [2.75, 3.05) is 0 Å². The quantitative estimate of drug-likeness (QED) is 0.659. The molecule has 0 aliphatic heterocycles. The minimum atomic E-state index is -0.826. The van der Waals surface area contributed by atoms with Gasteiger partial charge < -0.3 is 10.2 Å². The van der Waals surface area contributed by atoms with Crippen molar-refractivity contribution < 1.29 is 31.1 Å². The molecular formula is C17H16Cl2O2Zr. The number of hydrogen-bond acceptors (Lipinski definition) is 2. The molecule has 0 heterocycles. The summed E-state index contributed by atoms with van der Waals surface area (Å²) >= 11 is -0.826. The number of halogens is 2. The predicted octanol–water partition coefficient (Wildman–Crippen LogP) is 5.37. The van der Waals surface area contributed by atoms with E-state index >= 15 is 0 Å². The van der Waals surface area contributed by atoms with Gasteiger partial charge in [0.25, 0.3) is 0 Å². The maximum absolute atomic E-state index is 9.50. The molecule has 0 saturated heterocycles. The first-order chi connectivity index (χ1) is 10.7. The third-order valence-corrected chi connectivity index (χ3v) is 2.80. The Morgan fingerprint density at radius 2 is 1.27 bits per heavy atom. The Bertz CT molecular complexity index is 589. The molecule has 1 aliphatic rings. The second kappa shape index (κ2) is 11.5. The van der Waals surface area contributed by atoms with E-state index in [2.05, 4.69) is 12.2 Å². The van der Waals surface area contributed by atoms with Gasteiger partial charge in [-0.1, -0.05) is 60.7 Å². The van der Waals surface area contributed by atoms with Crippen molar-refractivity contribution in [3.8, 4) is 11.5 Å². The molecule has 3 rings (SSSR count). The summed E-state index contributed by atoms with van der Waals surface area (Å²) in [5.74, 6) is 0.951. The first-order valence-corrected chi connectivity index (χ1v) is 12.8. The summed E-state index contributed by atoms with van der Waals surface area (Å²) in [7, 11) is 9.87. The number of para-hydroxylation sites is 2. The topological polar surface area (TPSA) is 40.5 Å². The molecule has 0 amide bonds. The SMILES string of the molecule is Oc1ccccc1.Oc1ccccc1C1C=CC=C1.[Cl][Zr][Cl]. The van der Waals surface area contributed by atoms with E-state index in [1.54, 1.807) is 30.3 Å². The minimum absolute atomic E-state index is 0.256. The van der Waals surface area contributed by atoms with Crippen molar-refractivity contribution in [1.82, 2.24) is 0 Å². The molecule has 0 atom stereocenters. The predicted molar refractivity (Wildman–Crippen MR) is 88.9 cm³/mol. The normalized spacial score (nSPS) is 11.9. The number of benzene rings is 2. The summed E-state index contributed by atoms with van der Waals surface area (Å²) in [5, 5.41) is 18.1. The number of allylic oxidation sites excluding steroid dienone is 4. The molecule has 0 spiro atoms. The third-order valence-electron chi connectivity index (χ3n) is 2.80. The zero-order valence-electron chi connectivity index (χ0n) is 11.7. The Morgan fingerprint density at radius 3 is 1.73 bits per heavy atom. The van der Waals surface area contributed by atoms with Crippen LogP contribution in [0.25, 0.3) is 0 Å². The van der Waals surface area contributed by atoms with Crippen molar-refractivity contribution in [2.24, 2.45) is 0 Å². The second-order valence-electron chi connectivity index (χ2n) is 4.26. The van der Waals surface area contributed by atoms with Crippen LogP contribution >= 0.6 is 17.0 Å². The number of phenols is 2. The van der Waals surface area contributed by atoms with Crippen molar-refractivity contribution in [2.45, 2.75) is 5.92 Å².